The Morgan fingerprint density at radius 3 is 2.65 bits per heavy atom. The van der Waals surface area contributed by atoms with Gasteiger partial charge in [0.1, 0.15) is 0 Å². The van der Waals surface area contributed by atoms with Crippen LogP contribution < -0.4 is 10.3 Å². The summed E-state index contributed by atoms with van der Waals surface area (Å²) in [5.74, 6) is -1.32. The quantitative estimate of drug-likeness (QED) is 0.466. The van der Waals surface area contributed by atoms with Gasteiger partial charge in [0, 0.05) is 0 Å². The van der Waals surface area contributed by atoms with E-state index >= 15 is 0 Å². The summed E-state index contributed by atoms with van der Waals surface area (Å²) in [5, 5.41) is 1.55. The first-order chi connectivity index (χ1) is 7.85. The van der Waals surface area contributed by atoms with Gasteiger partial charge in [-0.3, -0.25) is 15.0 Å². The Morgan fingerprint density at radius 2 is 2.12 bits per heavy atom. The van der Waals surface area contributed by atoms with E-state index in [2.05, 4.69) is 0 Å². The summed E-state index contributed by atoms with van der Waals surface area (Å²) in [6.07, 6.45) is 0.895. The van der Waals surface area contributed by atoms with Crippen molar-refractivity contribution in [1.82, 2.24) is 10.3 Å². The molecule has 0 aliphatic rings. The molecule has 1 rings (SSSR count). The molecule has 94 valence electrons. The van der Waals surface area contributed by atoms with Crippen LogP contribution in [0.2, 0.25) is 0 Å². The van der Waals surface area contributed by atoms with E-state index in [0.29, 0.717) is 0 Å². The van der Waals surface area contributed by atoms with Crippen molar-refractivity contribution < 1.29 is 18.0 Å². The van der Waals surface area contributed by atoms with Crippen LogP contribution in [0.1, 0.15) is 20.0 Å². The third kappa shape index (κ3) is 4.08. The molecule has 0 saturated carbocycles. The number of alkyl halides is 1. The maximum Gasteiger partial charge on any atom is 0.267 e. The number of halogens is 1. The number of sulfonamides is 1. The highest BCUT2D eigenvalue weighted by atomic mass is 35.5. The summed E-state index contributed by atoms with van der Waals surface area (Å²) < 4.78 is 21.5. The monoisotopic (exact) mass is 296 g/mol. The summed E-state index contributed by atoms with van der Waals surface area (Å²) >= 11 is 6.46. The Bertz CT molecular complexity index is 537. The number of hydrogen-bond acceptors (Lipinski definition) is 5. The third-order valence-corrected chi connectivity index (χ3v) is 3.31. The van der Waals surface area contributed by atoms with Gasteiger partial charge in [0.2, 0.25) is 10.0 Å². The Morgan fingerprint density at radius 1 is 1.47 bits per heavy atom. The highest BCUT2D eigenvalue weighted by Crippen LogP contribution is 2.17. The second-order valence-corrected chi connectivity index (χ2v) is 5.98. The molecule has 0 aliphatic heterocycles. The van der Waals surface area contributed by atoms with Crippen molar-refractivity contribution in [3.8, 4) is 0 Å². The predicted molar refractivity (Wildman–Crippen MR) is 64.8 cm³/mol. The highest BCUT2D eigenvalue weighted by Gasteiger charge is 2.18. The van der Waals surface area contributed by atoms with Crippen molar-refractivity contribution in [2.24, 2.45) is 0 Å². The van der Waals surface area contributed by atoms with E-state index in [-0.39, 0.29) is 22.1 Å². The lowest BCUT2D eigenvalue weighted by atomic mass is 10.2. The molecule has 1 heterocycles. The van der Waals surface area contributed by atoms with Crippen molar-refractivity contribution in [2.75, 3.05) is 12.1 Å². The topological polar surface area (TPSA) is 92.3 Å². The molecule has 1 aromatic rings. The number of Topliss-reactive ketones (excluding diaryl/α,β-unsaturated/α-hetero) is 1. The molecule has 1 aromatic heterocycles. The molecule has 9 heteroatoms. The number of carbonyl (C=O) groups is 2. The molecule has 0 bridgehead atoms. The molecule has 6 nitrogen and oxygen atoms in total. The van der Waals surface area contributed by atoms with Gasteiger partial charge in [0.25, 0.3) is 5.91 Å². The number of rotatable bonds is 5. The Balaban J connectivity index is 2.83. The molecule has 0 aliphatic carbocycles. The zero-order chi connectivity index (χ0) is 13.1. The van der Waals surface area contributed by atoms with Gasteiger partial charge in [-0.05, 0) is 11.4 Å². The second-order valence-electron chi connectivity index (χ2n) is 3.05. The largest absolute Gasteiger partial charge is 0.292 e. The summed E-state index contributed by atoms with van der Waals surface area (Å²) in [7, 11) is -3.54. The number of thiophene rings is 1. The normalized spacial score (nSPS) is 11.2. The van der Waals surface area contributed by atoms with Crippen molar-refractivity contribution in [3.63, 3.8) is 0 Å². The van der Waals surface area contributed by atoms with Gasteiger partial charge in [0.05, 0.1) is 22.6 Å². The maximum atomic E-state index is 11.6. The van der Waals surface area contributed by atoms with Gasteiger partial charge >= 0.3 is 0 Å². The summed E-state index contributed by atoms with van der Waals surface area (Å²) in [6.45, 7) is 0. The van der Waals surface area contributed by atoms with E-state index in [4.69, 9.17) is 11.6 Å². The molecule has 0 spiro atoms. The van der Waals surface area contributed by atoms with Gasteiger partial charge in [-0.2, -0.15) is 0 Å². The standard InChI is InChI=1S/C8H9ClN2O4S2/c1-17(14,15)11-10-8(13)5-2-3-16-7(5)6(12)4-9/h2-3,11H,4H2,1H3,(H,10,13). The van der Waals surface area contributed by atoms with Crippen LogP contribution in [0.5, 0.6) is 0 Å². The SMILES string of the molecule is CS(=O)(=O)NNC(=O)c1ccsc1C(=O)CCl. The van der Waals surface area contributed by atoms with Crippen molar-refractivity contribution >= 4 is 44.7 Å². The zero-order valence-electron chi connectivity index (χ0n) is 8.69. The molecule has 1 amide bonds. The van der Waals surface area contributed by atoms with Crippen LogP contribution in [-0.4, -0.2) is 32.2 Å². The first kappa shape index (κ1) is 14.1. The maximum absolute atomic E-state index is 11.6. The summed E-state index contributed by atoms with van der Waals surface area (Å²) in [5.41, 5.74) is 2.07. The Labute approximate surface area is 107 Å². The number of nitrogens with one attached hydrogen (secondary N) is 2. The molecule has 0 aromatic carbocycles. The van der Waals surface area contributed by atoms with E-state index in [1.165, 1.54) is 6.07 Å². The van der Waals surface area contributed by atoms with E-state index in [0.717, 1.165) is 17.6 Å². The van der Waals surface area contributed by atoms with Crippen LogP contribution in [0.15, 0.2) is 11.4 Å². The van der Waals surface area contributed by atoms with Gasteiger partial charge < -0.3 is 0 Å². The number of hydrazine groups is 1. The molecule has 2 N–H and O–H groups in total. The van der Waals surface area contributed by atoms with Crippen molar-refractivity contribution in [3.05, 3.63) is 21.9 Å². The lowest BCUT2D eigenvalue weighted by Gasteiger charge is -2.04. The van der Waals surface area contributed by atoms with E-state index in [1.807, 2.05) is 10.3 Å². The van der Waals surface area contributed by atoms with Crippen LogP contribution in [0.3, 0.4) is 0 Å². The van der Waals surface area contributed by atoms with Crippen LogP contribution >= 0.6 is 22.9 Å². The zero-order valence-corrected chi connectivity index (χ0v) is 11.1. The molecule has 0 fully saturated rings. The van der Waals surface area contributed by atoms with Gasteiger partial charge in [-0.1, -0.05) is 0 Å². The van der Waals surface area contributed by atoms with E-state index in [1.54, 1.807) is 5.38 Å². The van der Waals surface area contributed by atoms with E-state index < -0.39 is 15.9 Å². The summed E-state index contributed by atoms with van der Waals surface area (Å²) in [4.78, 5) is 25.0. The number of amides is 1. The minimum absolute atomic E-state index is 0.0943. The van der Waals surface area contributed by atoms with Gasteiger partial charge in [-0.25, -0.2) is 8.42 Å². The van der Waals surface area contributed by atoms with Gasteiger partial charge in [0.15, 0.2) is 5.78 Å². The second kappa shape index (κ2) is 5.58. The van der Waals surface area contributed by atoms with Crippen LogP contribution in [-0.2, 0) is 10.0 Å². The van der Waals surface area contributed by atoms with Crippen molar-refractivity contribution in [1.29, 1.82) is 0 Å². The van der Waals surface area contributed by atoms with Crippen LogP contribution in [0.4, 0.5) is 0 Å². The molecular formula is C8H9ClN2O4S2. The number of ketones is 1. The molecular weight excluding hydrogens is 288 g/mol. The Hall–Kier alpha value is -0.960. The minimum atomic E-state index is -3.54. The lowest BCUT2D eigenvalue weighted by molar-refractivity contribution is 0.0934. The fraction of sp³-hybridized carbons (Fsp3) is 0.250. The first-order valence-corrected chi connectivity index (χ1v) is 7.59. The fourth-order valence-corrected chi connectivity index (χ4v) is 2.29. The molecule has 0 atom stereocenters. The fourth-order valence-electron chi connectivity index (χ4n) is 0.971. The van der Waals surface area contributed by atoms with Crippen LogP contribution in [0.25, 0.3) is 0 Å². The average Bonchev–Trinajstić information content (AvgIpc) is 2.72. The lowest BCUT2D eigenvalue weighted by Crippen LogP contribution is -2.41. The number of hydrogen-bond donors (Lipinski definition) is 2. The number of carbonyl (C=O) groups excluding carboxylic acids is 2. The molecule has 0 radical (unpaired) electrons. The summed E-state index contributed by atoms with van der Waals surface area (Å²) in [6, 6.07) is 1.42. The highest BCUT2D eigenvalue weighted by molar-refractivity contribution is 7.88. The molecule has 0 unspecified atom stereocenters. The molecule has 0 saturated heterocycles. The molecule has 17 heavy (non-hydrogen) atoms. The van der Waals surface area contributed by atoms with E-state index in [9.17, 15) is 18.0 Å². The predicted octanol–water partition coefficient (Wildman–Crippen LogP) is 0.364. The minimum Gasteiger partial charge on any atom is -0.292 e. The van der Waals surface area contributed by atoms with Crippen molar-refractivity contribution in [2.45, 2.75) is 0 Å². The first-order valence-electron chi connectivity index (χ1n) is 4.29. The van der Waals surface area contributed by atoms with Gasteiger partial charge in [-0.15, -0.1) is 27.8 Å². The Kier molecular flexibility index (Phi) is 4.63. The third-order valence-electron chi connectivity index (χ3n) is 1.63. The van der Waals surface area contributed by atoms with Crippen LogP contribution in [0, 0.1) is 0 Å². The average molecular weight is 297 g/mol. The smallest absolute Gasteiger partial charge is 0.267 e.